The number of primary amides is 1. The molecule has 1 aromatic heterocycles. The first-order valence-electron chi connectivity index (χ1n) is 3.53. The second-order valence-corrected chi connectivity index (χ2v) is 3.78. The lowest BCUT2D eigenvalue weighted by Crippen LogP contribution is -2.11. The van der Waals surface area contributed by atoms with Crippen LogP contribution in [0, 0.1) is 0 Å². The molecule has 0 aliphatic heterocycles. The molecular weight excluding hydrogens is 208 g/mol. The van der Waals surface area contributed by atoms with Crippen LogP contribution >= 0.6 is 23.1 Å². The fourth-order valence-corrected chi connectivity index (χ4v) is 2.02. The van der Waals surface area contributed by atoms with Crippen LogP contribution in [0.2, 0.25) is 5.02 Å². The van der Waals surface area contributed by atoms with E-state index >= 15 is 0 Å². The Labute approximate surface area is 83.3 Å². The first-order chi connectivity index (χ1) is 6.18. The summed E-state index contributed by atoms with van der Waals surface area (Å²) in [7, 11) is 0. The summed E-state index contributed by atoms with van der Waals surface area (Å²) in [6.07, 6.45) is 0. The van der Waals surface area contributed by atoms with Crippen LogP contribution in [0.15, 0.2) is 18.2 Å². The highest BCUT2D eigenvalue weighted by Gasteiger charge is 2.10. The summed E-state index contributed by atoms with van der Waals surface area (Å²) in [5.41, 5.74) is 5.43. The topological polar surface area (TPSA) is 56.0 Å². The smallest absolute Gasteiger partial charge is 0.269 e. The number of aromatic nitrogens is 1. The number of nitrogens with zero attached hydrogens (tertiary/aromatic N) is 1. The van der Waals surface area contributed by atoms with Crippen molar-refractivity contribution in [3.63, 3.8) is 0 Å². The van der Waals surface area contributed by atoms with Gasteiger partial charge in [-0.25, -0.2) is 0 Å². The lowest BCUT2D eigenvalue weighted by molar-refractivity contribution is 0.0998. The van der Waals surface area contributed by atoms with E-state index in [2.05, 4.69) is 4.37 Å². The van der Waals surface area contributed by atoms with Crippen molar-refractivity contribution < 1.29 is 4.79 Å². The number of hydrogen-bond donors (Lipinski definition) is 1. The number of fused-ring (bicyclic) bond motifs is 1. The number of amides is 1. The van der Waals surface area contributed by atoms with Gasteiger partial charge < -0.3 is 5.73 Å². The molecule has 5 heteroatoms. The molecule has 0 radical (unpaired) electrons. The molecule has 0 aliphatic carbocycles. The zero-order valence-corrected chi connectivity index (χ0v) is 8.02. The molecule has 0 bridgehead atoms. The molecule has 2 rings (SSSR count). The number of benzene rings is 1. The van der Waals surface area contributed by atoms with E-state index in [0.29, 0.717) is 10.7 Å². The average Bonchev–Trinajstić information content (AvgIpc) is 2.46. The molecule has 3 nitrogen and oxygen atoms in total. The van der Waals surface area contributed by atoms with Crippen LogP contribution in [0.3, 0.4) is 0 Å². The van der Waals surface area contributed by atoms with Crippen LogP contribution in [-0.2, 0) is 0 Å². The van der Waals surface area contributed by atoms with E-state index in [1.54, 1.807) is 12.1 Å². The first kappa shape index (κ1) is 8.47. The lowest BCUT2D eigenvalue weighted by atomic mass is 10.2. The fraction of sp³-hybridized carbons (Fsp3) is 0. The third-order valence-electron chi connectivity index (χ3n) is 1.67. The highest BCUT2D eigenvalue weighted by Crippen LogP contribution is 2.25. The summed E-state index contributed by atoms with van der Waals surface area (Å²) in [6, 6.07) is 5.27. The van der Waals surface area contributed by atoms with Gasteiger partial charge in [0.05, 0.1) is 4.70 Å². The van der Waals surface area contributed by atoms with E-state index in [1.165, 1.54) is 11.5 Å². The Bertz CT molecular complexity index is 480. The van der Waals surface area contributed by atoms with Crippen molar-refractivity contribution in [3.8, 4) is 0 Å². The average molecular weight is 213 g/mol. The van der Waals surface area contributed by atoms with Gasteiger partial charge in [0.2, 0.25) is 0 Å². The van der Waals surface area contributed by atoms with Crippen molar-refractivity contribution in [2.75, 3.05) is 0 Å². The van der Waals surface area contributed by atoms with E-state index in [-0.39, 0.29) is 0 Å². The Kier molecular flexibility index (Phi) is 1.94. The number of carbonyl (C=O) groups is 1. The monoisotopic (exact) mass is 212 g/mol. The molecule has 13 heavy (non-hydrogen) atoms. The Balaban J connectivity index is 2.79. The predicted octanol–water partition coefficient (Wildman–Crippen LogP) is 2.05. The molecule has 1 amide bonds. The first-order valence-corrected chi connectivity index (χ1v) is 4.68. The number of nitrogens with two attached hydrogens (primary N) is 1. The van der Waals surface area contributed by atoms with E-state index in [9.17, 15) is 4.79 Å². The largest absolute Gasteiger partial charge is 0.364 e. The van der Waals surface area contributed by atoms with E-state index in [4.69, 9.17) is 17.3 Å². The molecule has 0 saturated heterocycles. The summed E-state index contributed by atoms with van der Waals surface area (Å²) in [5.74, 6) is -0.520. The van der Waals surface area contributed by atoms with Gasteiger partial charge in [-0.2, -0.15) is 4.37 Å². The Morgan fingerprint density at radius 3 is 3.00 bits per heavy atom. The van der Waals surface area contributed by atoms with Gasteiger partial charge in [0.1, 0.15) is 5.69 Å². The van der Waals surface area contributed by atoms with E-state index in [1.807, 2.05) is 6.07 Å². The molecule has 0 unspecified atom stereocenters. The van der Waals surface area contributed by atoms with Crippen LogP contribution in [0.4, 0.5) is 0 Å². The van der Waals surface area contributed by atoms with Crippen molar-refractivity contribution >= 4 is 39.1 Å². The number of carbonyl (C=O) groups excluding carboxylic acids is 1. The highest BCUT2D eigenvalue weighted by molar-refractivity contribution is 7.13. The number of hydrogen-bond acceptors (Lipinski definition) is 3. The minimum atomic E-state index is -0.520. The second-order valence-electron chi connectivity index (χ2n) is 2.54. The van der Waals surface area contributed by atoms with Crippen LogP contribution in [0.5, 0.6) is 0 Å². The fourth-order valence-electron chi connectivity index (χ4n) is 1.09. The van der Waals surface area contributed by atoms with Gasteiger partial charge >= 0.3 is 0 Å². The lowest BCUT2D eigenvalue weighted by Gasteiger charge is -1.91. The summed E-state index contributed by atoms with van der Waals surface area (Å²) in [6.45, 7) is 0. The van der Waals surface area contributed by atoms with E-state index in [0.717, 1.165) is 10.1 Å². The van der Waals surface area contributed by atoms with Crippen molar-refractivity contribution in [2.24, 2.45) is 5.73 Å². The van der Waals surface area contributed by atoms with Crippen molar-refractivity contribution in [3.05, 3.63) is 28.9 Å². The molecule has 0 aliphatic rings. The summed E-state index contributed by atoms with van der Waals surface area (Å²) in [4.78, 5) is 10.9. The van der Waals surface area contributed by atoms with Gasteiger partial charge in [0, 0.05) is 10.4 Å². The molecular formula is C8H5ClN2OS. The molecule has 2 aromatic rings. The third kappa shape index (κ3) is 1.38. The molecule has 0 fully saturated rings. The number of rotatable bonds is 1. The van der Waals surface area contributed by atoms with Crippen LogP contribution < -0.4 is 5.73 Å². The van der Waals surface area contributed by atoms with Crippen LogP contribution in [0.1, 0.15) is 10.5 Å². The second kappa shape index (κ2) is 2.97. The normalized spacial score (nSPS) is 10.5. The Morgan fingerprint density at radius 1 is 1.54 bits per heavy atom. The molecule has 2 N–H and O–H groups in total. The maximum atomic E-state index is 10.9. The minimum Gasteiger partial charge on any atom is -0.364 e. The van der Waals surface area contributed by atoms with Crippen molar-refractivity contribution in [2.45, 2.75) is 0 Å². The SMILES string of the molecule is NC(=O)c1nsc2ccc(Cl)cc12. The highest BCUT2D eigenvalue weighted by atomic mass is 35.5. The van der Waals surface area contributed by atoms with E-state index < -0.39 is 5.91 Å². The van der Waals surface area contributed by atoms with Gasteiger partial charge in [-0.05, 0) is 29.7 Å². The quantitative estimate of drug-likeness (QED) is 0.787. The zero-order valence-electron chi connectivity index (χ0n) is 6.45. The van der Waals surface area contributed by atoms with Gasteiger partial charge in [0.25, 0.3) is 5.91 Å². The Morgan fingerprint density at radius 2 is 2.31 bits per heavy atom. The summed E-state index contributed by atoms with van der Waals surface area (Å²) >= 11 is 7.02. The van der Waals surface area contributed by atoms with Gasteiger partial charge in [0.15, 0.2) is 0 Å². The standard InChI is InChI=1S/C8H5ClN2OS/c9-4-1-2-6-5(3-4)7(8(10)12)11-13-6/h1-3H,(H2,10,12). The summed E-state index contributed by atoms with van der Waals surface area (Å²) in [5, 5.41) is 1.31. The maximum Gasteiger partial charge on any atom is 0.269 e. The van der Waals surface area contributed by atoms with Crippen molar-refractivity contribution in [1.29, 1.82) is 0 Å². The van der Waals surface area contributed by atoms with Crippen LogP contribution in [-0.4, -0.2) is 10.3 Å². The summed E-state index contributed by atoms with van der Waals surface area (Å²) < 4.78 is 4.86. The molecule has 0 saturated carbocycles. The third-order valence-corrected chi connectivity index (χ3v) is 2.73. The van der Waals surface area contributed by atoms with Gasteiger partial charge in [-0.15, -0.1) is 0 Å². The molecule has 0 atom stereocenters. The molecule has 66 valence electrons. The zero-order chi connectivity index (χ0) is 9.42. The van der Waals surface area contributed by atoms with Gasteiger partial charge in [-0.3, -0.25) is 4.79 Å². The molecule has 1 heterocycles. The number of halogens is 1. The van der Waals surface area contributed by atoms with Crippen molar-refractivity contribution in [1.82, 2.24) is 4.37 Å². The van der Waals surface area contributed by atoms with Gasteiger partial charge in [-0.1, -0.05) is 11.6 Å². The predicted molar refractivity (Wildman–Crippen MR) is 53.1 cm³/mol. The molecule has 1 aromatic carbocycles. The minimum absolute atomic E-state index is 0.294. The Hall–Kier alpha value is -1.13. The molecule has 0 spiro atoms. The maximum absolute atomic E-state index is 10.9. The van der Waals surface area contributed by atoms with Crippen LogP contribution in [0.25, 0.3) is 10.1 Å².